The van der Waals surface area contributed by atoms with Gasteiger partial charge >= 0.3 is 0 Å². The third-order valence-electron chi connectivity index (χ3n) is 4.12. The van der Waals surface area contributed by atoms with E-state index in [4.69, 9.17) is 18.0 Å². The van der Waals surface area contributed by atoms with Gasteiger partial charge in [-0.05, 0) is 31.4 Å². The number of hydrogen-bond donors (Lipinski definition) is 1. The number of aryl methyl sites for hydroxylation is 1. The summed E-state index contributed by atoms with van der Waals surface area (Å²) in [5.74, 6) is 0.114. The lowest BCUT2D eigenvalue weighted by atomic mass is 9.80. The van der Waals surface area contributed by atoms with Crippen molar-refractivity contribution in [2.75, 3.05) is 13.1 Å². The third kappa shape index (κ3) is 2.78. The lowest BCUT2D eigenvalue weighted by Gasteiger charge is -2.38. The van der Waals surface area contributed by atoms with Gasteiger partial charge in [-0.15, -0.1) is 0 Å². The number of likely N-dealkylation sites (tertiary alicyclic amines) is 1. The maximum Gasteiger partial charge on any atom is 0.254 e. The van der Waals surface area contributed by atoms with Gasteiger partial charge in [-0.2, -0.15) is 0 Å². The highest BCUT2D eigenvalue weighted by molar-refractivity contribution is 7.80. The standard InChI is InChI=1S/C15H20N2OS/c1-11-5-3-4-6-12(11)13(18)17-9-7-15(2,8-10-17)14(16)19/h3-6H,7-10H2,1-2H3,(H2,16,19). The van der Waals surface area contributed by atoms with Gasteiger partial charge in [0.2, 0.25) is 0 Å². The van der Waals surface area contributed by atoms with Crippen LogP contribution >= 0.6 is 12.2 Å². The first-order chi connectivity index (χ1) is 8.94. The molecule has 0 saturated carbocycles. The molecule has 1 aromatic rings. The van der Waals surface area contributed by atoms with Crippen molar-refractivity contribution >= 4 is 23.1 Å². The molecule has 0 unspecified atom stereocenters. The fraction of sp³-hybridized carbons (Fsp3) is 0.467. The zero-order valence-electron chi connectivity index (χ0n) is 11.5. The second kappa shape index (κ2) is 5.29. The number of amides is 1. The molecule has 0 spiro atoms. The number of carbonyl (C=O) groups is 1. The highest BCUT2D eigenvalue weighted by atomic mass is 32.1. The number of thiocarbonyl (C=S) groups is 1. The Bertz CT molecular complexity index is 505. The maximum absolute atomic E-state index is 12.5. The molecule has 1 amide bonds. The Morgan fingerprint density at radius 2 is 1.89 bits per heavy atom. The van der Waals surface area contributed by atoms with Crippen LogP contribution < -0.4 is 5.73 Å². The van der Waals surface area contributed by atoms with Gasteiger partial charge < -0.3 is 10.6 Å². The van der Waals surface area contributed by atoms with Crippen LogP contribution in [0.1, 0.15) is 35.7 Å². The summed E-state index contributed by atoms with van der Waals surface area (Å²) in [6.07, 6.45) is 1.69. The number of rotatable bonds is 2. The van der Waals surface area contributed by atoms with Crippen LogP contribution in [0.4, 0.5) is 0 Å². The lowest BCUT2D eigenvalue weighted by molar-refractivity contribution is 0.0669. The van der Waals surface area contributed by atoms with Crippen molar-refractivity contribution in [2.24, 2.45) is 11.1 Å². The molecule has 2 N–H and O–H groups in total. The van der Waals surface area contributed by atoms with E-state index in [-0.39, 0.29) is 11.3 Å². The first-order valence-electron chi connectivity index (χ1n) is 6.59. The zero-order valence-corrected chi connectivity index (χ0v) is 12.3. The van der Waals surface area contributed by atoms with Gasteiger partial charge in [0.1, 0.15) is 0 Å². The van der Waals surface area contributed by atoms with Gasteiger partial charge in [-0.25, -0.2) is 0 Å². The number of hydrogen-bond acceptors (Lipinski definition) is 2. The van der Waals surface area contributed by atoms with E-state index in [1.54, 1.807) is 0 Å². The predicted molar refractivity (Wildman–Crippen MR) is 81.2 cm³/mol. The molecule has 3 nitrogen and oxygen atoms in total. The van der Waals surface area contributed by atoms with E-state index in [9.17, 15) is 4.79 Å². The monoisotopic (exact) mass is 276 g/mol. The lowest BCUT2D eigenvalue weighted by Crippen LogP contribution is -2.46. The number of nitrogens with two attached hydrogens (primary N) is 1. The molecule has 1 fully saturated rings. The molecule has 0 aromatic heterocycles. The molecule has 1 saturated heterocycles. The topological polar surface area (TPSA) is 46.3 Å². The summed E-state index contributed by atoms with van der Waals surface area (Å²) in [5, 5.41) is 0. The average molecular weight is 276 g/mol. The van der Waals surface area contributed by atoms with Gasteiger partial charge in [-0.3, -0.25) is 4.79 Å². The number of benzene rings is 1. The molecule has 0 bridgehead atoms. The average Bonchev–Trinajstić information content (AvgIpc) is 2.39. The Morgan fingerprint density at radius 3 is 2.42 bits per heavy atom. The van der Waals surface area contributed by atoms with Crippen LogP contribution in [0.2, 0.25) is 0 Å². The van der Waals surface area contributed by atoms with E-state index in [1.807, 2.05) is 36.1 Å². The van der Waals surface area contributed by atoms with Crippen LogP contribution in [-0.4, -0.2) is 28.9 Å². The Kier molecular flexibility index (Phi) is 3.90. The fourth-order valence-corrected chi connectivity index (χ4v) is 2.64. The number of carbonyl (C=O) groups excluding carboxylic acids is 1. The normalized spacial score (nSPS) is 18.1. The summed E-state index contributed by atoms with van der Waals surface area (Å²) in [5.41, 5.74) is 7.50. The smallest absolute Gasteiger partial charge is 0.254 e. The van der Waals surface area contributed by atoms with Gasteiger partial charge in [0, 0.05) is 24.1 Å². The molecular weight excluding hydrogens is 256 g/mol. The number of nitrogens with zero attached hydrogens (tertiary/aromatic N) is 1. The van der Waals surface area contributed by atoms with Crippen molar-refractivity contribution in [3.63, 3.8) is 0 Å². The van der Waals surface area contributed by atoms with Gasteiger partial charge in [0.15, 0.2) is 0 Å². The molecule has 1 heterocycles. The van der Waals surface area contributed by atoms with Crippen molar-refractivity contribution in [3.05, 3.63) is 35.4 Å². The van der Waals surface area contributed by atoms with Crippen molar-refractivity contribution < 1.29 is 4.79 Å². The zero-order chi connectivity index (χ0) is 14.0. The molecule has 0 aliphatic carbocycles. The maximum atomic E-state index is 12.5. The molecular formula is C15H20N2OS. The molecule has 4 heteroatoms. The summed E-state index contributed by atoms with van der Waals surface area (Å²) in [4.78, 5) is 14.9. The predicted octanol–water partition coefficient (Wildman–Crippen LogP) is 2.52. The van der Waals surface area contributed by atoms with Crippen molar-refractivity contribution in [1.82, 2.24) is 4.90 Å². The summed E-state index contributed by atoms with van der Waals surface area (Å²) in [7, 11) is 0. The molecule has 1 aromatic carbocycles. The second-order valence-electron chi connectivity index (χ2n) is 5.53. The molecule has 102 valence electrons. The summed E-state index contributed by atoms with van der Waals surface area (Å²) in [6.45, 7) is 5.50. The van der Waals surface area contributed by atoms with Crippen LogP contribution in [0.25, 0.3) is 0 Å². The minimum absolute atomic E-state index is 0.0994. The summed E-state index contributed by atoms with van der Waals surface area (Å²) < 4.78 is 0. The van der Waals surface area contributed by atoms with Crippen LogP contribution in [0.15, 0.2) is 24.3 Å². The SMILES string of the molecule is Cc1ccccc1C(=O)N1CCC(C)(C(N)=S)CC1. The van der Waals surface area contributed by atoms with E-state index in [2.05, 4.69) is 6.92 Å². The second-order valence-corrected chi connectivity index (χ2v) is 5.97. The highest BCUT2D eigenvalue weighted by Crippen LogP contribution is 2.31. The van der Waals surface area contributed by atoms with E-state index < -0.39 is 0 Å². The third-order valence-corrected chi connectivity index (χ3v) is 4.62. The molecule has 1 aliphatic rings. The Balaban J connectivity index is 2.08. The van der Waals surface area contributed by atoms with Crippen LogP contribution in [0.5, 0.6) is 0 Å². The molecule has 2 rings (SSSR count). The minimum atomic E-state index is -0.0994. The van der Waals surface area contributed by atoms with E-state index in [1.165, 1.54) is 0 Å². The van der Waals surface area contributed by atoms with Crippen LogP contribution in [0, 0.1) is 12.3 Å². The van der Waals surface area contributed by atoms with Gasteiger partial charge in [-0.1, -0.05) is 37.3 Å². The molecule has 1 aliphatic heterocycles. The summed E-state index contributed by atoms with van der Waals surface area (Å²) in [6, 6.07) is 7.71. The van der Waals surface area contributed by atoms with Crippen molar-refractivity contribution in [2.45, 2.75) is 26.7 Å². The first-order valence-corrected chi connectivity index (χ1v) is 7.00. The fourth-order valence-electron chi connectivity index (χ4n) is 2.43. The van der Waals surface area contributed by atoms with Crippen molar-refractivity contribution in [3.8, 4) is 0 Å². The molecule has 0 radical (unpaired) electrons. The minimum Gasteiger partial charge on any atom is -0.393 e. The van der Waals surface area contributed by atoms with Crippen molar-refractivity contribution in [1.29, 1.82) is 0 Å². The Morgan fingerprint density at radius 1 is 1.32 bits per heavy atom. The first kappa shape index (κ1) is 14.0. The quantitative estimate of drug-likeness (QED) is 0.844. The van der Waals surface area contributed by atoms with E-state index >= 15 is 0 Å². The van der Waals surface area contributed by atoms with Crippen LogP contribution in [0.3, 0.4) is 0 Å². The molecule has 19 heavy (non-hydrogen) atoms. The van der Waals surface area contributed by atoms with Gasteiger partial charge in [0.25, 0.3) is 5.91 Å². The van der Waals surface area contributed by atoms with Gasteiger partial charge in [0.05, 0.1) is 4.99 Å². The number of piperidine rings is 1. The summed E-state index contributed by atoms with van der Waals surface area (Å²) >= 11 is 5.12. The Labute approximate surface area is 119 Å². The largest absolute Gasteiger partial charge is 0.393 e. The van der Waals surface area contributed by atoms with Crippen LogP contribution in [-0.2, 0) is 0 Å². The van der Waals surface area contributed by atoms with E-state index in [0.29, 0.717) is 4.99 Å². The molecule has 0 atom stereocenters. The Hall–Kier alpha value is -1.42. The van der Waals surface area contributed by atoms with E-state index in [0.717, 1.165) is 37.1 Å². The highest BCUT2D eigenvalue weighted by Gasteiger charge is 2.34.